The van der Waals surface area contributed by atoms with E-state index in [4.69, 9.17) is 4.74 Å². The molecule has 0 bridgehead atoms. The minimum atomic E-state index is -0.239. The predicted octanol–water partition coefficient (Wildman–Crippen LogP) is 4.62. The molecule has 1 unspecified atom stereocenters. The lowest BCUT2D eigenvalue weighted by atomic mass is 10.1. The number of hydrogen-bond acceptors (Lipinski definition) is 3. The first-order valence-electron chi connectivity index (χ1n) is 9.11. The van der Waals surface area contributed by atoms with Gasteiger partial charge in [-0.3, -0.25) is 9.69 Å². The third kappa shape index (κ3) is 4.66. The van der Waals surface area contributed by atoms with Crippen molar-refractivity contribution in [3.63, 3.8) is 0 Å². The molecular formula is C23H26N2O2. The minimum absolute atomic E-state index is 0.00590. The highest BCUT2D eigenvalue weighted by Crippen LogP contribution is 2.22. The van der Waals surface area contributed by atoms with Crippen molar-refractivity contribution >= 4 is 22.4 Å². The fourth-order valence-corrected chi connectivity index (χ4v) is 3.09. The second-order valence-electron chi connectivity index (χ2n) is 7.00. The summed E-state index contributed by atoms with van der Waals surface area (Å²) in [6.07, 6.45) is 0. The van der Waals surface area contributed by atoms with Gasteiger partial charge >= 0.3 is 0 Å². The van der Waals surface area contributed by atoms with Crippen molar-refractivity contribution in [2.24, 2.45) is 0 Å². The molecular weight excluding hydrogens is 336 g/mol. The Hall–Kier alpha value is -2.85. The number of carbonyl (C=O) groups is 1. The van der Waals surface area contributed by atoms with Crippen LogP contribution >= 0.6 is 0 Å². The number of anilines is 1. The molecule has 0 fully saturated rings. The van der Waals surface area contributed by atoms with Crippen LogP contribution in [0.4, 0.5) is 5.69 Å². The van der Waals surface area contributed by atoms with E-state index in [1.165, 1.54) is 10.9 Å². The lowest BCUT2D eigenvalue weighted by Crippen LogP contribution is -2.39. The van der Waals surface area contributed by atoms with E-state index in [0.29, 0.717) is 6.54 Å². The largest absolute Gasteiger partial charge is 0.497 e. The summed E-state index contributed by atoms with van der Waals surface area (Å²) in [6.45, 7) is 4.64. The normalized spacial score (nSPS) is 12.2. The molecule has 4 nitrogen and oxygen atoms in total. The monoisotopic (exact) mass is 362 g/mol. The number of hydrogen-bond donors (Lipinski definition) is 1. The molecule has 4 heteroatoms. The average Bonchev–Trinajstić information content (AvgIpc) is 2.66. The summed E-state index contributed by atoms with van der Waals surface area (Å²) in [5.41, 5.74) is 3.13. The Morgan fingerprint density at radius 1 is 1.07 bits per heavy atom. The Balaban J connectivity index is 1.67. The number of fused-ring (bicyclic) bond motifs is 1. The fraction of sp³-hybridized carbons (Fsp3) is 0.261. The highest BCUT2D eigenvalue weighted by molar-refractivity contribution is 5.94. The molecule has 1 amide bonds. The number of amides is 1. The van der Waals surface area contributed by atoms with Gasteiger partial charge in [0, 0.05) is 12.2 Å². The van der Waals surface area contributed by atoms with Crippen LogP contribution < -0.4 is 10.1 Å². The van der Waals surface area contributed by atoms with E-state index in [2.05, 4.69) is 34.5 Å². The lowest BCUT2D eigenvalue weighted by Gasteiger charge is -2.24. The maximum atomic E-state index is 12.6. The van der Waals surface area contributed by atoms with E-state index in [9.17, 15) is 4.79 Å². The first kappa shape index (κ1) is 18.9. The molecule has 3 rings (SSSR count). The van der Waals surface area contributed by atoms with Gasteiger partial charge in [0.1, 0.15) is 5.75 Å². The average molecular weight is 362 g/mol. The smallest absolute Gasteiger partial charge is 0.241 e. The highest BCUT2D eigenvalue weighted by atomic mass is 16.5. The van der Waals surface area contributed by atoms with Crippen LogP contribution in [-0.2, 0) is 11.3 Å². The molecule has 1 atom stereocenters. The van der Waals surface area contributed by atoms with E-state index in [-0.39, 0.29) is 11.9 Å². The number of rotatable bonds is 6. The molecule has 0 aliphatic carbocycles. The minimum Gasteiger partial charge on any atom is -0.497 e. The van der Waals surface area contributed by atoms with Crippen LogP contribution in [-0.4, -0.2) is 31.0 Å². The first-order valence-corrected chi connectivity index (χ1v) is 9.11. The van der Waals surface area contributed by atoms with Crippen LogP contribution in [0.1, 0.15) is 18.1 Å². The zero-order chi connectivity index (χ0) is 19.4. The number of benzene rings is 3. The molecule has 0 spiro atoms. The quantitative estimate of drug-likeness (QED) is 0.696. The van der Waals surface area contributed by atoms with Gasteiger partial charge in [0.05, 0.1) is 13.2 Å². The highest BCUT2D eigenvalue weighted by Gasteiger charge is 2.18. The number of ether oxygens (including phenoxy) is 1. The fourth-order valence-electron chi connectivity index (χ4n) is 3.09. The molecule has 0 saturated heterocycles. The van der Waals surface area contributed by atoms with Crippen LogP contribution in [0.5, 0.6) is 5.75 Å². The Kier molecular flexibility index (Phi) is 5.77. The van der Waals surface area contributed by atoms with Crippen molar-refractivity contribution in [3.8, 4) is 5.75 Å². The number of nitrogens with one attached hydrogen (secondary N) is 1. The lowest BCUT2D eigenvalue weighted by molar-refractivity contribution is -0.120. The van der Waals surface area contributed by atoms with Gasteiger partial charge in [-0.25, -0.2) is 0 Å². The maximum absolute atomic E-state index is 12.6. The summed E-state index contributed by atoms with van der Waals surface area (Å²) >= 11 is 0. The van der Waals surface area contributed by atoms with Crippen LogP contribution in [0.3, 0.4) is 0 Å². The number of aryl methyl sites for hydroxylation is 1. The molecule has 3 aromatic rings. The van der Waals surface area contributed by atoms with Gasteiger partial charge in [-0.05, 0) is 73.1 Å². The van der Waals surface area contributed by atoms with Crippen molar-refractivity contribution in [1.29, 1.82) is 0 Å². The molecule has 0 aromatic heterocycles. The standard InChI is InChI=1S/C23H26N2O2/c1-16-6-5-7-21(12-16)24-23(26)17(2)25(3)15-18-8-9-20-14-22(27-4)11-10-19(20)13-18/h5-14,17H,15H2,1-4H3,(H,24,26). The summed E-state index contributed by atoms with van der Waals surface area (Å²) in [4.78, 5) is 14.6. The number of methoxy groups -OCH3 is 1. The third-order valence-corrected chi connectivity index (χ3v) is 4.87. The number of nitrogens with zero attached hydrogens (tertiary/aromatic N) is 1. The molecule has 140 valence electrons. The first-order chi connectivity index (χ1) is 13.0. The second kappa shape index (κ2) is 8.23. The zero-order valence-corrected chi connectivity index (χ0v) is 16.3. The summed E-state index contributed by atoms with van der Waals surface area (Å²) < 4.78 is 5.28. The molecule has 3 aromatic carbocycles. The van der Waals surface area contributed by atoms with Gasteiger partial charge in [-0.1, -0.05) is 30.3 Å². The van der Waals surface area contributed by atoms with E-state index in [1.807, 2.05) is 57.3 Å². The molecule has 0 aliphatic rings. The van der Waals surface area contributed by atoms with Gasteiger partial charge in [0.15, 0.2) is 0 Å². The predicted molar refractivity (Wildman–Crippen MR) is 111 cm³/mol. The summed E-state index contributed by atoms with van der Waals surface area (Å²) in [7, 11) is 3.65. The Morgan fingerprint density at radius 2 is 1.81 bits per heavy atom. The second-order valence-corrected chi connectivity index (χ2v) is 7.00. The Morgan fingerprint density at radius 3 is 2.56 bits per heavy atom. The van der Waals surface area contributed by atoms with Gasteiger partial charge < -0.3 is 10.1 Å². The SMILES string of the molecule is COc1ccc2cc(CN(C)C(C)C(=O)Nc3cccc(C)c3)ccc2c1. The Labute approximate surface area is 160 Å². The Bertz CT molecular complexity index is 952. The molecule has 0 saturated carbocycles. The van der Waals surface area contributed by atoms with Crippen molar-refractivity contribution in [2.75, 3.05) is 19.5 Å². The van der Waals surface area contributed by atoms with Crippen LogP contribution in [0.25, 0.3) is 10.8 Å². The summed E-state index contributed by atoms with van der Waals surface area (Å²) in [5.74, 6) is 0.849. The summed E-state index contributed by atoms with van der Waals surface area (Å²) in [5, 5.41) is 5.31. The molecule has 27 heavy (non-hydrogen) atoms. The maximum Gasteiger partial charge on any atom is 0.241 e. The van der Waals surface area contributed by atoms with Gasteiger partial charge in [-0.2, -0.15) is 0 Å². The van der Waals surface area contributed by atoms with Gasteiger partial charge in [0.25, 0.3) is 0 Å². The molecule has 0 heterocycles. The van der Waals surface area contributed by atoms with Crippen LogP contribution in [0.15, 0.2) is 60.7 Å². The van der Waals surface area contributed by atoms with Crippen LogP contribution in [0, 0.1) is 6.92 Å². The van der Waals surface area contributed by atoms with Crippen molar-refractivity contribution in [3.05, 3.63) is 71.8 Å². The van der Waals surface area contributed by atoms with E-state index >= 15 is 0 Å². The van der Waals surface area contributed by atoms with E-state index < -0.39 is 0 Å². The topological polar surface area (TPSA) is 41.6 Å². The third-order valence-electron chi connectivity index (χ3n) is 4.87. The van der Waals surface area contributed by atoms with Crippen molar-refractivity contribution < 1.29 is 9.53 Å². The molecule has 0 aliphatic heterocycles. The summed E-state index contributed by atoms with van der Waals surface area (Å²) in [6, 6.07) is 20.0. The van der Waals surface area contributed by atoms with Crippen molar-refractivity contribution in [2.45, 2.75) is 26.4 Å². The van der Waals surface area contributed by atoms with Crippen molar-refractivity contribution in [1.82, 2.24) is 4.90 Å². The van der Waals surface area contributed by atoms with E-state index in [1.54, 1.807) is 7.11 Å². The number of likely N-dealkylation sites (N-methyl/N-ethyl adjacent to an activating group) is 1. The van der Waals surface area contributed by atoms with Gasteiger partial charge in [-0.15, -0.1) is 0 Å². The van der Waals surface area contributed by atoms with Gasteiger partial charge in [0.2, 0.25) is 5.91 Å². The zero-order valence-electron chi connectivity index (χ0n) is 16.3. The molecule has 1 N–H and O–H groups in total. The van der Waals surface area contributed by atoms with E-state index in [0.717, 1.165) is 22.4 Å². The van der Waals surface area contributed by atoms with Crippen LogP contribution in [0.2, 0.25) is 0 Å². The number of carbonyl (C=O) groups excluding carboxylic acids is 1. The molecule has 0 radical (unpaired) electrons.